The van der Waals surface area contributed by atoms with Crippen LogP contribution in [-0.2, 0) is 12.4 Å². The molecule has 0 spiro atoms. The Morgan fingerprint density at radius 2 is 1.35 bits per heavy atom. The number of hydrogen-bond acceptors (Lipinski definition) is 3. The molecule has 0 aliphatic rings. The SMILES string of the molecule is C[C@H](Sc1ccc(C(F)(F)F)cn1)c1ccc(C(F)(F)F)cn1. The quantitative estimate of drug-likeness (QED) is 0.549. The Bertz CT molecular complexity index is 649. The number of rotatable bonds is 3. The largest absolute Gasteiger partial charge is 0.417 e. The van der Waals surface area contributed by atoms with Gasteiger partial charge in [-0.15, -0.1) is 0 Å². The van der Waals surface area contributed by atoms with Crippen LogP contribution in [0.4, 0.5) is 26.3 Å². The highest BCUT2D eigenvalue weighted by Crippen LogP contribution is 2.35. The second kappa shape index (κ2) is 6.38. The summed E-state index contributed by atoms with van der Waals surface area (Å²) >= 11 is 1.11. The first kappa shape index (κ1) is 17.6. The van der Waals surface area contributed by atoms with E-state index in [9.17, 15) is 26.3 Å². The van der Waals surface area contributed by atoms with Crippen molar-refractivity contribution in [3.63, 3.8) is 0 Å². The Hall–Kier alpha value is -1.77. The number of hydrogen-bond donors (Lipinski definition) is 0. The van der Waals surface area contributed by atoms with Crippen LogP contribution in [0.15, 0.2) is 41.7 Å². The predicted molar refractivity (Wildman–Crippen MR) is 72.8 cm³/mol. The summed E-state index contributed by atoms with van der Waals surface area (Å²) in [6.07, 6.45) is -7.48. The van der Waals surface area contributed by atoms with E-state index in [-0.39, 0.29) is 5.25 Å². The zero-order valence-corrected chi connectivity index (χ0v) is 12.4. The molecule has 2 nitrogen and oxygen atoms in total. The van der Waals surface area contributed by atoms with Crippen molar-refractivity contribution in [1.29, 1.82) is 0 Å². The molecule has 0 N–H and O–H groups in total. The van der Waals surface area contributed by atoms with Gasteiger partial charge in [-0.1, -0.05) is 11.8 Å². The monoisotopic (exact) mass is 352 g/mol. The van der Waals surface area contributed by atoms with E-state index < -0.39 is 23.5 Å². The molecule has 2 aromatic rings. The molecule has 0 aromatic carbocycles. The smallest absolute Gasteiger partial charge is 0.259 e. The van der Waals surface area contributed by atoms with Gasteiger partial charge in [0.1, 0.15) is 0 Å². The number of alkyl halides is 6. The highest BCUT2D eigenvalue weighted by molar-refractivity contribution is 7.99. The van der Waals surface area contributed by atoms with E-state index >= 15 is 0 Å². The van der Waals surface area contributed by atoms with Gasteiger partial charge >= 0.3 is 12.4 Å². The standard InChI is InChI=1S/C14H10F6N2S/c1-8(11-4-2-9(6-21-11)13(15,16)17)23-12-5-3-10(7-22-12)14(18,19)20/h2-8H,1H3/t8-/m0/s1. The maximum atomic E-state index is 12.5. The molecule has 23 heavy (non-hydrogen) atoms. The van der Waals surface area contributed by atoms with Gasteiger partial charge in [-0.05, 0) is 31.2 Å². The Morgan fingerprint density at radius 3 is 1.74 bits per heavy atom. The van der Waals surface area contributed by atoms with Crippen LogP contribution in [-0.4, -0.2) is 9.97 Å². The molecule has 0 saturated heterocycles. The lowest BCUT2D eigenvalue weighted by molar-refractivity contribution is -0.138. The van der Waals surface area contributed by atoms with Crippen molar-refractivity contribution in [1.82, 2.24) is 9.97 Å². The molecule has 0 aliphatic carbocycles. The number of halogens is 6. The van der Waals surface area contributed by atoms with Gasteiger partial charge in [-0.3, -0.25) is 4.98 Å². The predicted octanol–water partition coefficient (Wildman–Crippen LogP) is 5.37. The van der Waals surface area contributed by atoms with Crippen LogP contribution in [0.5, 0.6) is 0 Å². The molecule has 2 aromatic heterocycles. The van der Waals surface area contributed by atoms with Crippen LogP contribution in [0.3, 0.4) is 0 Å². The molecule has 0 unspecified atom stereocenters. The summed E-state index contributed by atoms with van der Waals surface area (Å²) in [5, 5.41) is -0.0336. The number of aromatic nitrogens is 2. The van der Waals surface area contributed by atoms with Crippen LogP contribution < -0.4 is 0 Å². The maximum absolute atomic E-state index is 12.5. The fourth-order valence-electron chi connectivity index (χ4n) is 1.67. The summed E-state index contributed by atoms with van der Waals surface area (Å²) < 4.78 is 74.7. The highest BCUT2D eigenvalue weighted by Gasteiger charge is 2.31. The molecule has 1 atom stereocenters. The van der Waals surface area contributed by atoms with Crippen LogP contribution >= 0.6 is 11.8 Å². The van der Waals surface area contributed by atoms with Crippen LogP contribution in [0, 0.1) is 0 Å². The van der Waals surface area contributed by atoms with Crippen molar-refractivity contribution >= 4 is 11.8 Å². The van der Waals surface area contributed by atoms with Gasteiger partial charge in [0.05, 0.1) is 27.1 Å². The van der Waals surface area contributed by atoms with E-state index in [1.165, 1.54) is 12.1 Å². The molecule has 0 amide bonds. The molecule has 0 bridgehead atoms. The van der Waals surface area contributed by atoms with Crippen molar-refractivity contribution in [2.75, 3.05) is 0 Å². The maximum Gasteiger partial charge on any atom is 0.417 e. The van der Waals surface area contributed by atoms with Crippen LogP contribution in [0.2, 0.25) is 0 Å². The minimum Gasteiger partial charge on any atom is -0.259 e. The molecule has 0 radical (unpaired) electrons. The first-order chi connectivity index (χ1) is 10.6. The van der Waals surface area contributed by atoms with Gasteiger partial charge in [0, 0.05) is 12.4 Å². The fraction of sp³-hybridized carbons (Fsp3) is 0.286. The average molecular weight is 352 g/mol. The Labute approximate surface area is 132 Å². The molecule has 0 fully saturated rings. The molecular weight excluding hydrogens is 342 g/mol. The second-order valence-corrected chi connectivity index (χ2v) is 5.97. The number of pyridine rings is 2. The van der Waals surface area contributed by atoms with Crippen molar-refractivity contribution in [3.8, 4) is 0 Å². The summed E-state index contributed by atoms with van der Waals surface area (Å²) in [7, 11) is 0. The van der Waals surface area contributed by atoms with E-state index in [1.807, 2.05) is 0 Å². The Kier molecular flexibility index (Phi) is 4.88. The summed E-state index contributed by atoms with van der Waals surface area (Å²) in [5.74, 6) is 0. The second-order valence-electron chi connectivity index (χ2n) is 4.61. The average Bonchev–Trinajstić information content (AvgIpc) is 2.46. The van der Waals surface area contributed by atoms with Crippen molar-refractivity contribution in [2.24, 2.45) is 0 Å². The van der Waals surface area contributed by atoms with E-state index in [0.29, 0.717) is 10.7 Å². The van der Waals surface area contributed by atoms with E-state index in [2.05, 4.69) is 9.97 Å². The number of thioether (sulfide) groups is 1. The molecule has 2 rings (SSSR count). The van der Waals surface area contributed by atoms with Crippen LogP contribution in [0.25, 0.3) is 0 Å². The Balaban J connectivity index is 2.08. The molecule has 0 aliphatic heterocycles. The van der Waals surface area contributed by atoms with Gasteiger partial charge in [-0.2, -0.15) is 26.3 Å². The van der Waals surface area contributed by atoms with Gasteiger partial charge in [0.25, 0.3) is 0 Å². The van der Waals surface area contributed by atoms with Gasteiger partial charge in [0.2, 0.25) is 0 Å². The minimum atomic E-state index is -4.46. The van der Waals surface area contributed by atoms with Crippen molar-refractivity contribution in [2.45, 2.75) is 29.6 Å². The normalized spacial score (nSPS) is 13.9. The van der Waals surface area contributed by atoms with E-state index in [1.54, 1.807) is 6.92 Å². The van der Waals surface area contributed by atoms with Gasteiger partial charge in [0.15, 0.2) is 0 Å². The number of nitrogens with zero attached hydrogens (tertiary/aromatic N) is 2. The van der Waals surface area contributed by atoms with Gasteiger partial charge in [-0.25, -0.2) is 4.98 Å². The van der Waals surface area contributed by atoms with E-state index in [0.717, 1.165) is 36.3 Å². The summed E-state index contributed by atoms with van der Waals surface area (Å²) in [5.41, 5.74) is -1.34. The highest BCUT2D eigenvalue weighted by atomic mass is 32.2. The first-order valence-corrected chi connectivity index (χ1v) is 7.18. The zero-order valence-electron chi connectivity index (χ0n) is 11.6. The lowest BCUT2D eigenvalue weighted by Gasteiger charge is -2.12. The fourth-order valence-corrected chi connectivity index (χ4v) is 2.56. The van der Waals surface area contributed by atoms with Crippen LogP contribution in [0.1, 0.15) is 29.0 Å². The molecule has 0 saturated carbocycles. The first-order valence-electron chi connectivity index (χ1n) is 6.30. The summed E-state index contributed by atoms with van der Waals surface area (Å²) in [6.45, 7) is 1.68. The topological polar surface area (TPSA) is 25.8 Å². The van der Waals surface area contributed by atoms with Crippen molar-refractivity contribution in [3.05, 3.63) is 53.5 Å². The minimum absolute atomic E-state index is 0.326. The molecular formula is C14H10F6N2S. The summed E-state index contributed by atoms with van der Waals surface area (Å²) in [4.78, 5) is 7.45. The molecule has 124 valence electrons. The summed E-state index contributed by atoms with van der Waals surface area (Å²) in [6, 6.07) is 4.28. The molecule has 2 heterocycles. The van der Waals surface area contributed by atoms with Crippen molar-refractivity contribution < 1.29 is 26.3 Å². The third kappa shape index (κ3) is 4.60. The zero-order chi connectivity index (χ0) is 17.3. The third-order valence-electron chi connectivity index (χ3n) is 2.89. The van der Waals surface area contributed by atoms with E-state index in [4.69, 9.17) is 0 Å². The molecule has 9 heteroatoms. The Morgan fingerprint density at radius 1 is 0.826 bits per heavy atom. The third-order valence-corrected chi connectivity index (χ3v) is 3.97. The van der Waals surface area contributed by atoms with Gasteiger partial charge < -0.3 is 0 Å². The lowest BCUT2D eigenvalue weighted by Crippen LogP contribution is -2.06. The lowest BCUT2D eigenvalue weighted by atomic mass is 10.2.